The molecule has 1 atom stereocenters. The Bertz CT molecular complexity index is 785. The van der Waals surface area contributed by atoms with Gasteiger partial charge in [0.25, 0.3) is 5.91 Å². The Labute approximate surface area is 158 Å². The highest BCUT2D eigenvalue weighted by molar-refractivity contribution is 5.80. The van der Waals surface area contributed by atoms with Crippen molar-refractivity contribution in [3.8, 4) is 11.4 Å². The van der Waals surface area contributed by atoms with Crippen LogP contribution in [0.3, 0.4) is 0 Å². The van der Waals surface area contributed by atoms with E-state index in [1.165, 1.54) is 0 Å². The molecule has 1 amide bonds. The molecule has 27 heavy (non-hydrogen) atoms. The molecule has 0 aliphatic carbocycles. The number of piperidine rings is 1. The topological polar surface area (TPSA) is 85.5 Å². The highest BCUT2D eigenvalue weighted by Crippen LogP contribution is 2.17. The summed E-state index contributed by atoms with van der Waals surface area (Å²) >= 11 is 0. The smallest absolute Gasteiger partial charge is 0.306 e. The lowest BCUT2D eigenvalue weighted by molar-refractivity contribution is -0.152. The molecule has 0 N–H and O–H groups in total. The number of carbonyl (C=O) groups excluding carboxylic acids is 2. The van der Waals surface area contributed by atoms with Gasteiger partial charge in [-0.3, -0.25) is 9.59 Å². The normalized spacial score (nSPS) is 17.0. The Kier molecular flexibility index (Phi) is 6.21. The van der Waals surface area contributed by atoms with Gasteiger partial charge in [0.1, 0.15) is 0 Å². The molecule has 0 saturated carbocycles. The van der Waals surface area contributed by atoms with Crippen molar-refractivity contribution >= 4 is 11.9 Å². The van der Waals surface area contributed by atoms with Crippen LogP contribution in [0.25, 0.3) is 11.4 Å². The van der Waals surface area contributed by atoms with Gasteiger partial charge in [-0.1, -0.05) is 41.9 Å². The van der Waals surface area contributed by atoms with Crippen molar-refractivity contribution in [1.82, 2.24) is 15.0 Å². The quantitative estimate of drug-likeness (QED) is 0.726. The van der Waals surface area contributed by atoms with Crippen LogP contribution in [0.15, 0.2) is 28.8 Å². The van der Waals surface area contributed by atoms with Crippen LogP contribution in [-0.4, -0.2) is 46.6 Å². The Morgan fingerprint density at radius 3 is 2.81 bits per heavy atom. The zero-order valence-electron chi connectivity index (χ0n) is 15.8. The molecule has 0 spiro atoms. The third-order valence-corrected chi connectivity index (χ3v) is 4.69. The molecule has 1 aliphatic rings. The van der Waals surface area contributed by atoms with Crippen LogP contribution in [-0.2, 0) is 20.7 Å². The van der Waals surface area contributed by atoms with Crippen LogP contribution in [0.1, 0.15) is 37.6 Å². The molecule has 2 heterocycles. The van der Waals surface area contributed by atoms with Gasteiger partial charge in [-0.05, 0) is 25.7 Å². The minimum absolute atomic E-state index is 0.0964. The molecule has 144 valence electrons. The molecule has 1 unspecified atom stereocenters. The average Bonchev–Trinajstić information content (AvgIpc) is 3.14. The molecule has 1 aromatic carbocycles. The predicted octanol–water partition coefficient (Wildman–Crippen LogP) is 2.78. The van der Waals surface area contributed by atoms with Gasteiger partial charge >= 0.3 is 5.97 Å². The van der Waals surface area contributed by atoms with Gasteiger partial charge in [0.15, 0.2) is 6.61 Å². The number of aryl methyl sites for hydroxylation is 2. The number of rotatable bonds is 6. The van der Waals surface area contributed by atoms with E-state index >= 15 is 0 Å². The standard InChI is InChI=1S/C20H25N3O4/c1-14-5-7-16(8-6-14)20-21-17(27-22-20)9-10-19(25)26-13-18(24)23-11-3-4-15(2)12-23/h5-8,15H,3-4,9-13H2,1-2H3. The first-order valence-electron chi connectivity index (χ1n) is 9.34. The zero-order chi connectivity index (χ0) is 19.2. The van der Waals surface area contributed by atoms with Crippen molar-refractivity contribution in [2.24, 2.45) is 5.92 Å². The van der Waals surface area contributed by atoms with Crippen molar-refractivity contribution in [3.63, 3.8) is 0 Å². The minimum Gasteiger partial charge on any atom is -0.456 e. The van der Waals surface area contributed by atoms with Crippen molar-refractivity contribution in [2.75, 3.05) is 19.7 Å². The second-order valence-corrected chi connectivity index (χ2v) is 7.13. The number of nitrogens with zero attached hydrogens (tertiary/aromatic N) is 3. The van der Waals surface area contributed by atoms with E-state index in [1.807, 2.05) is 31.2 Å². The molecular formula is C20H25N3O4. The average molecular weight is 371 g/mol. The van der Waals surface area contributed by atoms with Gasteiger partial charge in [-0.25, -0.2) is 0 Å². The van der Waals surface area contributed by atoms with Crippen LogP contribution in [0.4, 0.5) is 0 Å². The molecule has 0 radical (unpaired) electrons. The van der Waals surface area contributed by atoms with Crippen LogP contribution in [0.5, 0.6) is 0 Å². The maximum absolute atomic E-state index is 12.1. The first-order chi connectivity index (χ1) is 13.0. The van der Waals surface area contributed by atoms with Crippen LogP contribution < -0.4 is 0 Å². The van der Waals surface area contributed by atoms with Crippen molar-refractivity contribution < 1.29 is 18.8 Å². The third kappa shape index (κ3) is 5.39. The lowest BCUT2D eigenvalue weighted by Crippen LogP contribution is -2.41. The molecule has 7 nitrogen and oxygen atoms in total. The number of hydrogen-bond acceptors (Lipinski definition) is 6. The van der Waals surface area contributed by atoms with Gasteiger partial charge in [-0.2, -0.15) is 4.98 Å². The summed E-state index contributed by atoms with van der Waals surface area (Å²) in [6.45, 7) is 5.41. The summed E-state index contributed by atoms with van der Waals surface area (Å²) in [6, 6.07) is 7.79. The van der Waals surface area contributed by atoms with E-state index < -0.39 is 5.97 Å². The van der Waals surface area contributed by atoms with Crippen molar-refractivity contribution in [3.05, 3.63) is 35.7 Å². The number of esters is 1. The molecule has 1 fully saturated rings. The number of benzene rings is 1. The summed E-state index contributed by atoms with van der Waals surface area (Å²) in [5, 5.41) is 3.94. The largest absolute Gasteiger partial charge is 0.456 e. The number of hydrogen-bond donors (Lipinski definition) is 0. The van der Waals surface area contributed by atoms with Crippen molar-refractivity contribution in [2.45, 2.75) is 39.5 Å². The summed E-state index contributed by atoms with van der Waals surface area (Å²) in [7, 11) is 0. The number of carbonyl (C=O) groups is 2. The molecule has 1 aromatic heterocycles. The molecule has 3 rings (SSSR count). The van der Waals surface area contributed by atoms with Gasteiger partial charge < -0.3 is 14.2 Å². The molecule has 1 saturated heterocycles. The summed E-state index contributed by atoms with van der Waals surface area (Å²) in [4.78, 5) is 30.1. The van der Waals surface area contributed by atoms with E-state index in [1.54, 1.807) is 4.90 Å². The minimum atomic E-state index is -0.441. The van der Waals surface area contributed by atoms with Gasteiger partial charge in [0.2, 0.25) is 11.7 Å². The van der Waals surface area contributed by atoms with E-state index in [4.69, 9.17) is 9.26 Å². The molecule has 0 bridgehead atoms. The summed E-state index contributed by atoms with van der Waals surface area (Å²) in [5.41, 5.74) is 2.01. The Balaban J connectivity index is 1.43. The fraction of sp³-hybridized carbons (Fsp3) is 0.500. The van der Waals surface area contributed by atoms with Crippen molar-refractivity contribution in [1.29, 1.82) is 0 Å². The van der Waals surface area contributed by atoms with E-state index in [0.717, 1.165) is 37.1 Å². The lowest BCUT2D eigenvalue weighted by atomic mass is 10.0. The monoisotopic (exact) mass is 371 g/mol. The molecule has 2 aromatic rings. The Hall–Kier alpha value is -2.70. The van der Waals surface area contributed by atoms with E-state index in [9.17, 15) is 9.59 Å². The first kappa shape index (κ1) is 19.1. The van der Waals surface area contributed by atoms with Crippen LogP contribution >= 0.6 is 0 Å². The summed E-state index contributed by atoms with van der Waals surface area (Å²) in [6.07, 6.45) is 2.52. The molecule has 7 heteroatoms. The highest BCUT2D eigenvalue weighted by atomic mass is 16.5. The van der Waals surface area contributed by atoms with Gasteiger partial charge in [0, 0.05) is 25.1 Å². The van der Waals surface area contributed by atoms with E-state index in [2.05, 4.69) is 17.1 Å². The Morgan fingerprint density at radius 1 is 1.30 bits per heavy atom. The highest BCUT2D eigenvalue weighted by Gasteiger charge is 2.22. The van der Waals surface area contributed by atoms with Gasteiger partial charge in [0.05, 0.1) is 6.42 Å². The second kappa shape index (κ2) is 8.79. The number of amides is 1. The van der Waals surface area contributed by atoms with E-state index in [-0.39, 0.29) is 25.4 Å². The fourth-order valence-electron chi connectivity index (χ4n) is 3.11. The maximum Gasteiger partial charge on any atom is 0.306 e. The fourth-order valence-corrected chi connectivity index (χ4v) is 3.11. The van der Waals surface area contributed by atoms with Gasteiger partial charge in [-0.15, -0.1) is 0 Å². The summed E-state index contributed by atoms with van der Waals surface area (Å²) < 4.78 is 10.3. The van der Waals surface area contributed by atoms with E-state index in [0.29, 0.717) is 17.6 Å². The molecule has 1 aliphatic heterocycles. The second-order valence-electron chi connectivity index (χ2n) is 7.13. The predicted molar refractivity (Wildman–Crippen MR) is 98.7 cm³/mol. The zero-order valence-corrected chi connectivity index (χ0v) is 15.8. The number of ether oxygens (including phenoxy) is 1. The maximum atomic E-state index is 12.1. The lowest BCUT2D eigenvalue weighted by Gasteiger charge is -2.30. The van der Waals surface area contributed by atoms with Crippen LogP contribution in [0.2, 0.25) is 0 Å². The number of aromatic nitrogens is 2. The van der Waals surface area contributed by atoms with Crippen LogP contribution in [0, 0.1) is 12.8 Å². The summed E-state index contributed by atoms with van der Waals surface area (Å²) in [5.74, 6) is 0.794. The first-order valence-corrected chi connectivity index (χ1v) is 9.34. The molecular weight excluding hydrogens is 346 g/mol. The third-order valence-electron chi connectivity index (χ3n) is 4.69. The SMILES string of the molecule is Cc1ccc(-c2noc(CCC(=O)OCC(=O)N3CCCC(C)C3)n2)cc1. The Morgan fingerprint density at radius 2 is 2.07 bits per heavy atom. The number of likely N-dealkylation sites (tertiary alicyclic amines) is 1.